The molecule has 0 radical (unpaired) electrons. The zero-order valence-corrected chi connectivity index (χ0v) is 12.6. The van der Waals surface area contributed by atoms with Gasteiger partial charge in [0.05, 0.1) is 17.6 Å². The fourth-order valence-corrected chi connectivity index (χ4v) is 2.04. The van der Waals surface area contributed by atoms with Crippen molar-refractivity contribution >= 4 is 12.4 Å². The van der Waals surface area contributed by atoms with Gasteiger partial charge in [-0.2, -0.15) is 10.2 Å². The molecule has 0 atom stereocenters. The van der Waals surface area contributed by atoms with Gasteiger partial charge < -0.3 is 5.32 Å². The van der Waals surface area contributed by atoms with E-state index in [1.54, 1.807) is 0 Å². The smallest absolute Gasteiger partial charge is 0.0597 e. The van der Waals surface area contributed by atoms with E-state index in [9.17, 15) is 0 Å². The van der Waals surface area contributed by atoms with Crippen molar-refractivity contribution in [1.29, 1.82) is 0 Å². The average molecular weight is 284 g/mol. The van der Waals surface area contributed by atoms with Crippen molar-refractivity contribution in [2.24, 2.45) is 7.05 Å². The lowest BCUT2D eigenvalue weighted by molar-refractivity contribution is 0.547. The summed E-state index contributed by atoms with van der Waals surface area (Å²) < 4.78 is 3.91. The molecule has 19 heavy (non-hydrogen) atoms. The summed E-state index contributed by atoms with van der Waals surface area (Å²) in [6, 6.07) is 2.14. The zero-order valence-electron chi connectivity index (χ0n) is 11.8. The van der Waals surface area contributed by atoms with Crippen LogP contribution in [0.4, 0.5) is 0 Å². The van der Waals surface area contributed by atoms with Gasteiger partial charge in [0.1, 0.15) is 0 Å². The molecular weight excluding hydrogens is 262 g/mol. The van der Waals surface area contributed by atoms with Crippen LogP contribution >= 0.6 is 12.4 Å². The van der Waals surface area contributed by atoms with Gasteiger partial charge in [-0.15, -0.1) is 12.4 Å². The number of rotatable bonds is 6. The third kappa shape index (κ3) is 4.36. The predicted octanol–water partition coefficient (Wildman–Crippen LogP) is 2.05. The number of aromatic nitrogens is 4. The standard InChI is InChI=1S/C13H21N5.ClH/c1-4-5-18-13(6-11(2)16-18)9-14-7-12-8-15-17(3)10-12;/h6,8,10,14H,4-5,7,9H2,1-3H3;1H. The summed E-state index contributed by atoms with van der Waals surface area (Å²) in [7, 11) is 1.93. The molecule has 0 aromatic carbocycles. The van der Waals surface area contributed by atoms with Crippen molar-refractivity contribution in [2.45, 2.75) is 39.9 Å². The molecule has 2 heterocycles. The molecule has 5 nitrogen and oxygen atoms in total. The van der Waals surface area contributed by atoms with E-state index in [-0.39, 0.29) is 12.4 Å². The van der Waals surface area contributed by atoms with Crippen LogP contribution in [0.1, 0.15) is 30.3 Å². The van der Waals surface area contributed by atoms with Crippen LogP contribution in [0, 0.1) is 6.92 Å². The quantitative estimate of drug-likeness (QED) is 0.883. The highest BCUT2D eigenvalue weighted by Gasteiger charge is 2.04. The molecule has 2 rings (SSSR count). The Morgan fingerprint density at radius 2 is 2.11 bits per heavy atom. The fourth-order valence-electron chi connectivity index (χ4n) is 2.04. The Bertz CT molecular complexity index is 503. The Hall–Kier alpha value is -1.33. The normalized spacial score (nSPS) is 10.5. The topological polar surface area (TPSA) is 47.7 Å². The summed E-state index contributed by atoms with van der Waals surface area (Å²) in [6.07, 6.45) is 5.03. The summed E-state index contributed by atoms with van der Waals surface area (Å²) in [4.78, 5) is 0. The molecule has 0 bridgehead atoms. The van der Waals surface area contributed by atoms with Gasteiger partial charge in [0.25, 0.3) is 0 Å². The van der Waals surface area contributed by atoms with Crippen molar-refractivity contribution in [3.8, 4) is 0 Å². The van der Waals surface area contributed by atoms with Gasteiger partial charge in [-0.25, -0.2) is 0 Å². The van der Waals surface area contributed by atoms with Gasteiger partial charge in [-0.05, 0) is 19.4 Å². The average Bonchev–Trinajstić information content (AvgIpc) is 2.87. The molecule has 0 aliphatic carbocycles. The third-order valence-corrected chi connectivity index (χ3v) is 2.81. The van der Waals surface area contributed by atoms with Gasteiger partial charge in [0.2, 0.25) is 0 Å². The summed E-state index contributed by atoms with van der Waals surface area (Å²) in [5, 5.41) is 12.1. The van der Waals surface area contributed by atoms with E-state index in [1.807, 2.05) is 31.0 Å². The van der Waals surface area contributed by atoms with Crippen LogP contribution in [0.3, 0.4) is 0 Å². The van der Waals surface area contributed by atoms with E-state index < -0.39 is 0 Å². The number of aryl methyl sites for hydroxylation is 3. The van der Waals surface area contributed by atoms with Crippen LogP contribution in [0.25, 0.3) is 0 Å². The van der Waals surface area contributed by atoms with Crippen LogP contribution in [0.2, 0.25) is 0 Å². The summed E-state index contributed by atoms with van der Waals surface area (Å²) in [5.41, 5.74) is 3.54. The molecule has 106 valence electrons. The molecule has 0 saturated heterocycles. The predicted molar refractivity (Wildman–Crippen MR) is 78.3 cm³/mol. The van der Waals surface area contributed by atoms with Gasteiger partial charge in [0.15, 0.2) is 0 Å². The molecule has 0 aliphatic heterocycles. The SMILES string of the molecule is CCCn1nc(C)cc1CNCc1cnn(C)c1.Cl. The van der Waals surface area contributed by atoms with Crippen LogP contribution in [-0.4, -0.2) is 19.6 Å². The first-order valence-electron chi connectivity index (χ1n) is 6.40. The molecule has 1 N–H and O–H groups in total. The summed E-state index contributed by atoms with van der Waals surface area (Å²) >= 11 is 0. The van der Waals surface area contributed by atoms with Gasteiger partial charge in [0, 0.05) is 38.4 Å². The molecule has 0 fully saturated rings. The van der Waals surface area contributed by atoms with Crippen molar-refractivity contribution in [3.63, 3.8) is 0 Å². The molecule has 0 saturated carbocycles. The Balaban J connectivity index is 0.00000180. The van der Waals surface area contributed by atoms with E-state index in [2.05, 4.69) is 33.2 Å². The fraction of sp³-hybridized carbons (Fsp3) is 0.538. The molecule has 6 heteroatoms. The molecule has 2 aromatic rings. The zero-order chi connectivity index (χ0) is 13.0. The van der Waals surface area contributed by atoms with Gasteiger partial charge in [-0.1, -0.05) is 6.92 Å². The summed E-state index contributed by atoms with van der Waals surface area (Å²) in [6.45, 7) is 6.87. The van der Waals surface area contributed by atoms with Crippen molar-refractivity contribution in [2.75, 3.05) is 0 Å². The highest BCUT2D eigenvalue weighted by molar-refractivity contribution is 5.85. The van der Waals surface area contributed by atoms with E-state index in [1.165, 1.54) is 11.3 Å². The Morgan fingerprint density at radius 1 is 1.32 bits per heavy atom. The van der Waals surface area contributed by atoms with Crippen molar-refractivity contribution in [3.05, 3.63) is 35.4 Å². The highest BCUT2D eigenvalue weighted by Crippen LogP contribution is 2.05. The summed E-state index contributed by atoms with van der Waals surface area (Å²) in [5.74, 6) is 0. The molecule has 0 aliphatic rings. The maximum atomic E-state index is 4.49. The lowest BCUT2D eigenvalue weighted by Crippen LogP contribution is -2.16. The van der Waals surface area contributed by atoms with Gasteiger partial charge in [-0.3, -0.25) is 9.36 Å². The van der Waals surface area contributed by atoms with Gasteiger partial charge >= 0.3 is 0 Å². The number of halogens is 1. The number of nitrogens with zero attached hydrogens (tertiary/aromatic N) is 4. The molecule has 0 amide bonds. The second kappa shape index (κ2) is 7.31. The monoisotopic (exact) mass is 283 g/mol. The minimum absolute atomic E-state index is 0. The van der Waals surface area contributed by atoms with E-state index in [4.69, 9.17) is 0 Å². The maximum absolute atomic E-state index is 4.49. The lowest BCUT2D eigenvalue weighted by atomic mass is 10.3. The number of hydrogen-bond donors (Lipinski definition) is 1. The van der Waals surface area contributed by atoms with Crippen molar-refractivity contribution < 1.29 is 0 Å². The van der Waals surface area contributed by atoms with E-state index in [0.717, 1.165) is 31.7 Å². The molecule has 2 aromatic heterocycles. The Morgan fingerprint density at radius 3 is 2.74 bits per heavy atom. The molecular formula is C13H22ClN5. The van der Waals surface area contributed by atoms with Crippen LogP contribution in [0.5, 0.6) is 0 Å². The van der Waals surface area contributed by atoms with Crippen LogP contribution < -0.4 is 5.32 Å². The first-order valence-corrected chi connectivity index (χ1v) is 6.40. The number of hydrogen-bond acceptors (Lipinski definition) is 3. The van der Waals surface area contributed by atoms with E-state index in [0.29, 0.717) is 0 Å². The van der Waals surface area contributed by atoms with Crippen molar-refractivity contribution in [1.82, 2.24) is 24.9 Å². The Labute approximate surface area is 120 Å². The largest absolute Gasteiger partial charge is 0.307 e. The molecule has 0 spiro atoms. The second-order valence-corrected chi connectivity index (χ2v) is 4.63. The third-order valence-electron chi connectivity index (χ3n) is 2.81. The Kier molecular flexibility index (Phi) is 6.05. The van der Waals surface area contributed by atoms with E-state index >= 15 is 0 Å². The number of nitrogens with one attached hydrogen (secondary N) is 1. The lowest BCUT2D eigenvalue weighted by Gasteiger charge is -2.06. The minimum atomic E-state index is 0. The highest BCUT2D eigenvalue weighted by atomic mass is 35.5. The maximum Gasteiger partial charge on any atom is 0.0597 e. The first-order chi connectivity index (χ1) is 8.69. The van der Waals surface area contributed by atoms with Crippen LogP contribution in [-0.2, 0) is 26.7 Å². The second-order valence-electron chi connectivity index (χ2n) is 4.63. The van der Waals surface area contributed by atoms with Crippen LogP contribution in [0.15, 0.2) is 18.5 Å². The molecule has 0 unspecified atom stereocenters. The first kappa shape index (κ1) is 15.7. The minimum Gasteiger partial charge on any atom is -0.307 e.